The lowest BCUT2D eigenvalue weighted by Crippen LogP contribution is -2.34. The van der Waals surface area contributed by atoms with E-state index in [1.807, 2.05) is 25.9 Å². The van der Waals surface area contributed by atoms with E-state index in [9.17, 15) is 8.42 Å². The molecule has 0 aliphatic rings. The molecule has 1 rings (SSSR count). The molecule has 0 aliphatic heterocycles. The van der Waals surface area contributed by atoms with Crippen molar-refractivity contribution in [3.8, 4) is 0 Å². The molecule has 0 amide bonds. The summed E-state index contributed by atoms with van der Waals surface area (Å²) in [6.07, 6.45) is 4.44. The van der Waals surface area contributed by atoms with E-state index in [0.29, 0.717) is 13.1 Å². The Bertz CT molecular complexity index is 498. The third kappa shape index (κ3) is 5.58. The van der Waals surface area contributed by atoms with Gasteiger partial charge >= 0.3 is 0 Å². The minimum Gasteiger partial charge on any atom is -0.330 e. The average Bonchev–Trinajstić information content (AvgIpc) is 2.83. The first-order valence-electron chi connectivity index (χ1n) is 6.74. The van der Waals surface area contributed by atoms with Crippen LogP contribution in [0.1, 0.15) is 19.8 Å². The molecule has 1 aromatic rings. The van der Waals surface area contributed by atoms with Gasteiger partial charge in [-0.25, -0.2) is 13.1 Å². The van der Waals surface area contributed by atoms with E-state index in [-0.39, 0.29) is 10.9 Å². The molecule has 0 fully saturated rings. The summed E-state index contributed by atoms with van der Waals surface area (Å²) in [5.41, 5.74) is 5.42. The standard InChI is InChI=1S/C12H25N5O2S/c1-11(5-8-16(2)3)15-20(18,19)12-9-14-17(10-12)7-4-6-13/h9-11,15H,4-8,13H2,1-3H3. The third-order valence-corrected chi connectivity index (χ3v) is 4.42. The summed E-state index contributed by atoms with van der Waals surface area (Å²) in [5, 5.41) is 4.04. The van der Waals surface area contributed by atoms with Gasteiger partial charge in [-0.1, -0.05) is 0 Å². The molecule has 0 spiro atoms. The van der Waals surface area contributed by atoms with Crippen LogP contribution in [0.5, 0.6) is 0 Å². The van der Waals surface area contributed by atoms with E-state index in [1.54, 1.807) is 4.68 Å². The molecular weight excluding hydrogens is 278 g/mol. The smallest absolute Gasteiger partial charge is 0.243 e. The molecule has 0 bridgehead atoms. The van der Waals surface area contributed by atoms with Crippen molar-refractivity contribution in [1.29, 1.82) is 0 Å². The van der Waals surface area contributed by atoms with Gasteiger partial charge in [0.2, 0.25) is 10.0 Å². The third-order valence-electron chi connectivity index (χ3n) is 2.88. The Kier molecular flexibility index (Phi) is 6.60. The topological polar surface area (TPSA) is 93.2 Å². The van der Waals surface area contributed by atoms with Crippen LogP contribution in [0, 0.1) is 0 Å². The Balaban J connectivity index is 2.61. The van der Waals surface area contributed by atoms with Gasteiger partial charge in [0.05, 0.1) is 6.20 Å². The highest BCUT2D eigenvalue weighted by Gasteiger charge is 2.19. The van der Waals surface area contributed by atoms with Gasteiger partial charge in [-0.3, -0.25) is 4.68 Å². The van der Waals surface area contributed by atoms with Gasteiger partial charge in [-0.15, -0.1) is 0 Å². The molecule has 1 atom stereocenters. The number of nitrogens with two attached hydrogens (primary N) is 1. The first-order chi connectivity index (χ1) is 9.35. The van der Waals surface area contributed by atoms with E-state index in [1.165, 1.54) is 12.4 Å². The summed E-state index contributed by atoms with van der Waals surface area (Å²) in [6.45, 7) is 3.88. The fourth-order valence-electron chi connectivity index (χ4n) is 1.70. The van der Waals surface area contributed by atoms with Crippen molar-refractivity contribution >= 4 is 10.0 Å². The zero-order valence-electron chi connectivity index (χ0n) is 12.4. The molecule has 0 saturated heterocycles. The summed E-state index contributed by atoms with van der Waals surface area (Å²) >= 11 is 0. The second-order valence-electron chi connectivity index (χ2n) is 5.20. The monoisotopic (exact) mass is 303 g/mol. The number of rotatable bonds is 9. The van der Waals surface area contributed by atoms with Crippen molar-refractivity contribution in [2.75, 3.05) is 27.2 Å². The Hall–Kier alpha value is -0.960. The zero-order valence-corrected chi connectivity index (χ0v) is 13.2. The summed E-state index contributed by atoms with van der Waals surface area (Å²) in [6, 6.07) is -0.116. The predicted molar refractivity (Wildman–Crippen MR) is 78.9 cm³/mol. The number of nitrogens with one attached hydrogen (secondary N) is 1. The van der Waals surface area contributed by atoms with Crippen molar-refractivity contribution < 1.29 is 8.42 Å². The van der Waals surface area contributed by atoms with Gasteiger partial charge in [0, 0.05) is 18.8 Å². The van der Waals surface area contributed by atoms with Gasteiger partial charge in [0.15, 0.2) is 0 Å². The molecule has 1 unspecified atom stereocenters. The zero-order chi connectivity index (χ0) is 15.2. The highest BCUT2D eigenvalue weighted by molar-refractivity contribution is 7.89. The fraction of sp³-hybridized carbons (Fsp3) is 0.750. The second-order valence-corrected chi connectivity index (χ2v) is 6.91. The van der Waals surface area contributed by atoms with E-state index in [2.05, 4.69) is 9.82 Å². The number of hydrogen-bond acceptors (Lipinski definition) is 5. The van der Waals surface area contributed by atoms with Crippen molar-refractivity contribution in [3.05, 3.63) is 12.4 Å². The van der Waals surface area contributed by atoms with Crippen molar-refractivity contribution in [2.45, 2.75) is 37.2 Å². The average molecular weight is 303 g/mol. The summed E-state index contributed by atoms with van der Waals surface area (Å²) in [5.74, 6) is 0. The molecule has 1 heterocycles. The molecule has 0 saturated carbocycles. The van der Waals surface area contributed by atoms with E-state index < -0.39 is 10.0 Å². The molecule has 8 heteroatoms. The van der Waals surface area contributed by atoms with Crippen LogP contribution in [0.2, 0.25) is 0 Å². The Morgan fingerprint density at radius 2 is 2.20 bits per heavy atom. The SMILES string of the molecule is CC(CCN(C)C)NS(=O)(=O)c1cnn(CCCN)c1. The molecule has 0 aromatic carbocycles. The van der Waals surface area contributed by atoms with Crippen LogP contribution in [0.4, 0.5) is 0 Å². The lowest BCUT2D eigenvalue weighted by molar-refractivity contribution is 0.379. The molecular formula is C12H25N5O2S. The fourth-order valence-corrected chi connectivity index (χ4v) is 2.93. The number of aromatic nitrogens is 2. The number of aryl methyl sites for hydroxylation is 1. The lowest BCUT2D eigenvalue weighted by atomic mass is 10.2. The van der Waals surface area contributed by atoms with Crippen LogP contribution in [0.3, 0.4) is 0 Å². The van der Waals surface area contributed by atoms with Crippen LogP contribution in [0.25, 0.3) is 0 Å². The maximum atomic E-state index is 12.2. The van der Waals surface area contributed by atoms with E-state index in [0.717, 1.165) is 19.4 Å². The van der Waals surface area contributed by atoms with Gasteiger partial charge < -0.3 is 10.6 Å². The van der Waals surface area contributed by atoms with Crippen molar-refractivity contribution in [3.63, 3.8) is 0 Å². The number of hydrogen-bond donors (Lipinski definition) is 2. The minimum atomic E-state index is -3.49. The summed E-state index contributed by atoms with van der Waals surface area (Å²) in [4.78, 5) is 2.22. The highest BCUT2D eigenvalue weighted by atomic mass is 32.2. The largest absolute Gasteiger partial charge is 0.330 e. The summed E-state index contributed by atoms with van der Waals surface area (Å²) < 4.78 is 28.6. The Morgan fingerprint density at radius 3 is 2.80 bits per heavy atom. The normalized spacial score (nSPS) is 13.8. The van der Waals surface area contributed by atoms with Crippen LogP contribution < -0.4 is 10.5 Å². The van der Waals surface area contributed by atoms with Crippen molar-refractivity contribution in [1.82, 2.24) is 19.4 Å². The maximum Gasteiger partial charge on any atom is 0.243 e. The van der Waals surface area contributed by atoms with Crippen LogP contribution in [-0.4, -0.2) is 56.3 Å². The van der Waals surface area contributed by atoms with Gasteiger partial charge in [0.1, 0.15) is 4.90 Å². The summed E-state index contributed by atoms with van der Waals surface area (Å²) in [7, 11) is 0.427. The Labute approximate surface area is 121 Å². The number of nitrogens with zero attached hydrogens (tertiary/aromatic N) is 3. The van der Waals surface area contributed by atoms with Gasteiger partial charge in [-0.05, 0) is 47.0 Å². The lowest BCUT2D eigenvalue weighted by Gasteiger charge is -2.16. The second kappa shape index (κ2) is 7.72. The number of sulfonamides is 1. The maximum absolute atomic E-state index is 12.2. The van der Waals surface area contributed by atoms with Gasteiger partial charge in [-0.2, -0.15) is 5.10 Å². The molecule has 7 nitrogen and oxygen atoms in total. The van der Waals surface area contributed by atoms with E-state index in [4.69, 9.17) is 5.73 Å². The minimum absolute atomic E-state index is 0.116. The Morgan fingerprint density at radius 1 is 1.50 bits per heavy atom. The van der Waals surface area contributed by atoms with Crippen LogP contribution in [0.15, 0.2) is 17.3 Å². The molecule has 0 radical (unpaired) electrons. The predicted octanol–water partition coefficient (Wildman–Crippen LogP) is -0.150. The molecule has 20 heavy (non-hydrogen) atoms. The molecule has 3 N–H and O–H groups in total. The van der Waals surface area contributed by atoms with Gasteiger partial charge in [0.25, 0.3) is 0 Å². The van der Waals surface area contributed by atoms with Crippen LogP contribution >= 0.6 is 0 Å². The molecule has 0 aliphatic carbocycles. The first-order valence-corrected chi connectivity index (χ1v) is 8.23. The quantitative estimate of drug-likeness (QED) is 0.662. The highest BCUT2D eigenvalue weighted by Crippen LogP contribution is 2.09. The molecule has 116 valence electrons. The van der Waals surface area contributed by atoms with E-state index >= 15 is 0 Å². The van der Waals surface area contributed by atoms with Crippen molar-refractivity contribution in [2.24, 2.45) is 5.73 Å². The molecule has 1 aromatic heterocycles. The van der Waals surface area contributed by atoms with Crippen LogP contribution in [-0.2, 0) is 16.6 Å². The first kappa shape index (κ1) is 17.1.